The SMILES string of the molecule is O=C(CS(=O)(=O)c1cn(Cc2cccc(-c3ccncc3Cl)c2)c2cc(F)cc(F)c12)Nc1ccccn1. The lowest BCUT2D eigenvalue weighted by Gasteiger charge is -2.09. The summed E-state index contributed by atoms with van der Waals surface area (Å²) in [6.45, 7) is 0.103. The third kappa shape index (κ3) is 5.27. The van der Waals surface area contributed by atoms with Crippen LogP contribution in [0.15, 0.2) is 90.3 Å². The van der Waals surface area contributed by atoms with E-state index in [4.69, 9.17) is 11.6 Å². The van der Waals surface area contributed by atoms with E-state index in [0.29, 0.717) is 11.1 Å². The molecule has 0 atom stereocenters. The molecule has 0 saturated carbocycles. The third-order valence-electron chi connectivity index (χ3n) is 5.82. The molecule has 0 saturated heterocycles. The van der Waals surface area contributed by atoms with E-state index in [-0.39, 0.29) is 23.3 Å². The summed E-state index contributed by atoms with van der Waals surface area (Å²) in [4.78, 5) is 20.0. The first-order valence-electron chi connectivity index (χ1n) is 11.3. The van der Waals surface area contributed by atoms with Crippen LogP contribution in [0.1, 0.15) is 5.56 Å². The van der Waals surface area contributed by atoms with Gasteiger partial charge in [-0.2, -0.15) is 0 Å². The molecule has 0 aliphatic heterocycles. The van der Waals surface area contributed by atoms with Crippen molar-refractivity contribution in [3.05, 3.63) is 108 Å². The van der Waals surface area contributed by atoms with Crippen LogP contribution in [0.3, 0.4) is 0 Å². The number of carbonyl (C=O) groups is 1. The number of aromatic nitrogens is 3. The second kappa shape index (κ2) is 10.3. The van der Waals surface area contributed by atoms with Crippen molar-refractivity contribution in [2.45, 2.75) is 11.4 Å². The molecule has 1 N–H and O–H groups in total. The monoisotopic (exact) mass is 552 g/mol. The van der Waals surface area contributed by atoms with Crippen LogP contribution >= 0.6 is 11.6 Å². The Morgan fingerprint density at radius 3 is 2.63 bits per heavy atom. The average Bonchev–Trinajstić information content (AvgIpc) is 3.24. The van der Waals surface area contributed by atoms with Gasteiger partial charge in [0.2, 0.25) is 5.91 Å². The first kappa shape index (κ1) is 25.5. The minimum absolute atomic E-state index is 0.0403. The number of hydrogen-bond donors (Lipinski definition) is 1. The van der Waals surface area contributed by atoms with E-state index in [1.807, 2.05) is 12.1 Å². The zero-order valence-electron chi connectivity index (χ0n) is 19.6. The van der Waals surface area contributed by atoms with Crippen molar-refractivity contribution in [1.82, 2.24) is 14.5 Å². The smallest absolute Gasteiger partial charge is 0.241 e. The quantitative estimate of drug-likeness (QED) is 0.288. The highest BCUT2D eigenvalue weighted by Gasteiger charge is 2.27. The number of carbonyl (C=O) groups excluding carboxylic acids is 1. The molecule has 0 unspecified atom stereocenters. The molecule has 3 aromatic heterocycles. The van der Waals surface area contributed by atoms with Crippen LogP contribution in [0, 0.1) is 11.6 Å². The maximum Gasteiger partial charge on any atom is 0.241 e. The largest absolute Gasteiger partial charge is 0.342 e. The lowest BCUT2D eigenvalue weighted by Crippen LogP contribution is -2.23. The van der Waals surface area contributed by atoms with Crippen molar-refractivity contribution in [1.29, 1.82) is 0 Å². The van der Waals surface area contributed by atoms with Gasteiger partial charge < -0.3 is 9.88 Å². The number of halogens is 3. The van der Waals surface area contributed by atoms with Gasteiger partial charge in [-0.25, -0.2) is 22.2 Å². The Balaban J connectivity index is 1.52. The fraction of sp³-hybridized carbons (Fsp3) is 0.0741. The number of nitrogens with one attached hydrogen (secondary N) is 1. The minimum atomic E-state index is -4.32. The molecular weight excluding hydrogens is 534 g/mol. The maximum absolute atomic E-state index is 15.0. The number of nitrogens with zero attached hydrogens (tertiary/aromatic N) is 3. The highest BCUT2D eigenvalue weighted by molar-refractivity contribution is 7.92. The molecule has 3 heterocycles. The van der Waals surface area contributed by atoms with Crippen LogP contribution in [0.4, 0.5) is 14.6 Å². The molecule has 0 aliphatic carbocycles. The van der Waals surface area contributed by atoms with Gasteiger partial charge in [0.25, 0.3) is 0 Å². The molecule has 0 aliphatic rings. The van der Waals surface area contributed by atoms with Gasteiger partial charge in [0.05, 0.1) is 20.8 Å². The summed E-state index contributed by atoms with van der Waals surface area (Å²) in [5.74, 6) is -3.51. The molecule has 5 rings (SSSR count). The predicted molar refractivity (Wildman–Crippen MR) is 141 cm³/mol. The standard InChI is InChI=1S/C27H19ClF2N4O3S/c28-21-13-31-9-7-20(21)18-5-3-4-17(10-18)14-34-15-24(27-22(30)11-19(29)12-23(27)34)38(36,37)16-26(35)33-25-6-1-2-8-32-25/h1-13,15H,14,16H2,(H,32,33,35). The van der Waals surface area contributed by atoms with Crippen molar-refractivity contribution in [3.63, 3.8) is 0 Å². The Morgan fingerprint density at radius 1 is 1.03 bits per heavy atom. The van der Waals surface area contributed by atoms with E-state index in [1.165, 1.54) is 29.2 Å². The van der Waals surface area contributed by atoms with E-state index in [1.54, 1.807) is 36.5 Å². The number of pyridine rings is 2. The summed E-state index contributed by atoms with van der Waals surface area (Å²) in [6, 6.07) is 15.5. The molecular formula is C27H19ClF2N4O3S. The van der Waals surface area contributed by atoms with Crippen molar-refractivity contribution in [2.24, 2.45) is 0 Å². The highest BCUT2D eigenvalue weighted by Crippen LogP contribution is 2.32. The molecule has 5 aromatic rings. The van der Waals surface area contributed by atoms with E-state index in [9.17, 15) is 22.0 Å². The van der Waals surface area contributed by atoms with Crippen LogP contribution in [-0.4, -0.2) is 34.6 Å². The molecule has 0 radical (unpaired) electrons. The van der Waals surface area contributed by atoms with Crippen LogP contribution in [-0.2, 0) is 21.2 Å². The fourth-order valence-corrected chi connectivity index (χ4v) is 5.78. The van der Waals surface area contributed by atoms with Crippen molar-refractivity contribution < 1.29 is 22.0 Å². The summed E-state index contributed by atoms with van der Waals surface area (Å²) in [5, 5.41) is 2.58. The van der Waals surface area contributed by atoms with Crippen molar-refractivity contribution in [3.8, 4) is 11.1 Å². The predicted octanol–water partition coefficient (Wildman–Crippen LogP) is 5.49. The Labute approximate surface area is 221 Å². The van der Waals surface area contributed by atoms with E-state index in [2.05, 4.69) is 15.3 Å². The summed E-state index contributed by atoms with van der Waals surface area (Å²) >= 11 is 6.28. The molecule has 0 bridgehead atoms. The Kier molecular flexibility index (Phi) is 6.92. The van der Waals surface area contributed by atoms with Crippen LogP contribution in [0.2, 0.25) is 5.02 Å². The van der Waals surface area contributed by atoms with Gasteiger partial charge in [-0.05, 0) is 41.5 Å². The maximum atomic E-state index is 15.0. The summed E-state index contributed by atoms with van der Waals surface area (Å²) in [5.41, 5.74) is 2.32. The van der Waals surface area contributed by atoms with Crippen LogP contribution < -0.4 is 5.32 Å². The Bertz CT molecular complexity index is 1780. The normalized spacial score (nSPS) is 11.6. The topological polar surface area (TPSA) is 94.0 Å². The number of anilines is 1. The van der Waals surface area contributed by atoms with Crippen LogP contribution in [0.5, 0.6) is 0 Å². The fourth-order valence-electron chi connectivity index (χ4n) is 4.18. The Morgan fingerprint density at radius 2 is 1.87 bits per heavy atom. The molecule has 11 heteroatoms. The second-order valence-corrected chi connectivity index (χ2v) is 10.8. The Hall–Kier alpha value is -4.15. The van der Waals surface area contributed by atoms with Gasteiger partial charge in [0.15, 0.2) is 9.84 Å². The zero-order chi connectivity index (χ0) is 26.9. The minimum Gasteiger partial charge on any atom is -0.342 e. The lowest BCUT2D eigenvalue weighted by atomic mass is 10.0. The third-order valence-corrected chi connectivity index (χ3v) is 7.74. The van der Waals surface area contributed by atoms with Crippen molar-refractivity contribution in [2.75, 3.05) is 11.1 Å². The van der Waals surface area contributed by atoms with Gasteiger partial charge in [-0.3, -0.25) is 9.78 Å². The molecule has 2 aromatic carbocycles. The number of sulfone groups is 1. The molecule has 38 heavy (non-hydrogen) atoms. The first-order valence-corrected chi connectivity index (χ1v) is 13.3. The van der Waals surface area contributed by atoms with Gasteiger partial charge in [0.1, 0.15) is 23.2 Å². The molecule has 1 amide bonds. The highest BCUT2D eigenvalue weighted by atomic mass is 35.5. The average molecular weight is 553 g/mol. The molecule has 0 spiro atoms. The summed E-state index contributed by atoms with van der Waals surface area (Å²) in [7, 11) is -4.32. The molecule has 192 valence electrons. The number of benzene rings is 2. The molecule has 0 fully saturated rings. The molecule has 7 nitrogen and oxygen atoms in total. The second-order valence-electron chi connectivity index (χ2n) is 8.48. The van der Waals surface area contributed by atoms with Gasteiger partial charge in [-0.1, -0.05) is 35.9 Å². The zero-order valence-corrected chi connectivity index (χ0v) is 21.2. The number of amides is 1. The van der Waals surface area contributed by atoms with E-state index >= 15 is 0 Å². The van der Waals surface area contributed by atoms with Gasteiger partial charge in [-0.15, -0.1) is 0 Å². The number of fused-ring (bicyclic) bond motifs is 1. The lowest BCUT2D eigenvalue weighted by molar-refractivity contribution is -0.113. The van der Waals surface area contributed by atoms with Gasteiger partial charge >= 0.3 is 0 Å². The first-order chi connectivity index (χ1) is 18.2. The van der Waals surface area contributed by atoms with Crippen molar-refractivity contribution >= 4 is 44.1 Å². The van der Waals surface area contributed by atoms with Gasteiger partial charge in [0, 0.05) is 43.0 Å². The van der Waals surface area contributed by atoms with Crippen LogP contribution in [0.25, 0.3) is 22.0 Å². The summed E-state index contributed by atoms with van der Waals surface area (Å²) in [6.07, 6.45) is 5.80. The van der Waals surface area contributed by atoms with E-state index in [0.717, 1.165) is 22.8 Å². The summed E-state index contributed by atoms with van der Waals surface area (Å²) < 4.78 is 57.1. The van der Waals surface area contributed by atoms with E-state index < -0.39 is 38.0 Å². The number of hydrogen-bond acceptors (Lipinski definition) is 5. The number of rotatable bonds is 7.